The SMILES string of the molecule is C=C(N=C(N=C(C)c1ccccc1)c1ccc(-c2ccccc2)cc1)c1cccc(-n2c3ccccc3c3ccc4c(c32)-c2ccccc2C4(C)C)c1. The molecule has 0 amide bonds. The van der Waals surface area contributed by atoms with Gasteiger partial charge in [-0.1, -0.05) is 172 Å². The van der Waals surface area contributed by atoms with Crippen LogP contribution in [0, 0.1) is 0 Å². The third kappa shape index (κ3) is 5.53. The molecule has 3 heteroatoms. The lowest BCUT2D eigenvalue weighted by Crippen LogP contribution is -2.14. The minimum atomic E-state index is -0.0969. The molecule has 1 aliphatic rings. The average Bonchev–Trinajstić information content (AvgIpc) is 3.67. The van der Waals surface area contributed by atoms with Gasteiger partial charge >= 0.3 is 0 Å². The zero-order valence-electron chi connectivity index (χ0n) is 30.2. The second kappa shape index (κ2) is 12.9. The second-order valence-corrected chi connectivity index (χ2v) is 14.3. The highest BCUT2D eigenvalue weighted by molar-refractivity contribution is 6.16. The average molecular weight is 682 g/mol. The van der Waals surface area contributed by atoms with Crippen LogP contribution < -0.4 is 0 Å². The standard InChI is InChI=1S/C50H39N3/c1-33(35-16-7-5-8-17-35)51-49(38-28-26-37(27-29-38)36-18-9-6-10-19-36)52-34(2)39-20-15-21-40(32-39)53-46-25-14-12-22-41(46)42-30-31-45-47(48(42)53)43-23-11-13-24-44(43)50(45,3)4/h5-32H,2H2,1,3-4H3. The Morgan fingerprint density at radius 2 is 1.21 bits per heavy atom. The predicted molar refractivity (Wildman–Crippen MR) is 224 cm³/mol. The summed E-state index contributed by atoms with van der Waals surface area (Å²) in [6, 6.07) is 60.0. The summed E-state index contributed by atoms with van der Waals surface area (Å²) in [4.78, 5) is 10.3. The third-order valence-corrected chi connectivity index (χ3v) is 10.8. The maximum atomic E-state index is 5.16. The van der Waals surface area contributed by atoms with E-state index < -0.39 is 0 Å². The highest BCUT2D eigenvalue weighted by Crippen LogP contribution is 2.52. The van der Waals surface area contributed by atoms with Crippen molar-refractivity contribution >= 4 is 39.1 Å². The van der Waals surface area contributed by atoms with Gasteiger partial charge in [-0.25, -0.2) is 9.98 Å². The van der Waals surface area contributed by atoms with E-state index in [-0.39, 0.29) is 5.41 Å². The lowest BCUT2D eigenvalue weighted by molar-refractivity contribution is 0.661. The van der Waals surface area contributed by atoms with Gasteiger partial charge in [-0.05, 0) is 58.5 Å². The summed E-state index contributed by atoms with van der Waals surface area (Å²) in [5, 5.41) is 2.49. The first-order valence-corrected chi connectivity index (χ1v) is 18.2. The Balaban J connectivity index is 1.18. The first-order valence-electron chi connectivity index (χ1n) is 18.2. The van der Waals surface area contributed by atoms with Crippen molar-refractivity contribution in [1.29, 1.82) is 0 Å². The molecule has 0 unspecified atom stereocenters. The maximum Gasteiger partial charge on any atom is 0.160 e. The molecular weight excluding hydrogens is 643 g/mol. The molecule has 1 aromatic heterocycles. The highest BCUT2D eigenvalue weighted by atomic mass is 15.0. The number of nitrogens with zero attached hydrogens (tertiary/aromatic N) is 3. The minimum absolute atomic E-state index is 0.0969. The van der Waals surface area contributed by atoms with Crippen molar-refractivity contribution in [1.82, 2.24) is 4.57 Å². The smallest absolute Gasteiger partial charge is 0.160 e. The molecule has 9 rings (SSSR count). The van der Waals surface area contributed by atoms with E-state index in [9.17, 15) is 0 Å². The van der Waals surface area contributed by atoms with Crippen molar-refractivity contribution < 1.29 is 0 Å². The van der Waals surface area contributed by atoms with E-state index in [1.54, 1.807) is 0 Å². The van der Waals surface area contributed by atoms with E-state index in [2.05, 4.69) is 171 Å². The topological polar surface area (TPSA) is 29.6 Å². The van der Waals surface area contributed by atoms with Gasteiger partial charge in [-0.15, -0.1) is 0 Å². The number of rotatable bonds is 6. The van der Waals surface area contributed by atoms with E-state index in [0.717, 1.165) is 33.7 Å². The Morgan fingerprint density at radius 1 is 0.547 bits per heavy atom. The van der Waals surface area contributed by atoms with Gasteiger partial charge in [0.1, 0.15) is 0 Å². The molecular formula is C50H39N3. The molecule has 3 nitrogen and oxygen atoms in total. The maximum absolute atomic E-state index is 5.16. The lowest BCUT2D eigenvalue weighted by atomic mass is 9.82. The molecule has 1 heterocycles. The van der Waals surface area contributed by atoms with Gasteiger partial charge in [0.15, 0.2) is 5.84 Å². The molecule has 0 radical (unpaired) electrons. The summed E-state index contributed by atoms with van der Waals surface area (Å²) in [5.74, 6) is 0.620. The van der Waals surface area contributed by atoms with Crippen LogP contribution in [0.5, 0.6) is 0 Å². The first-order chi connectivity index (χ1) is 25.9. The summed E-state index contributed by atoms with van der Waals surface area (Å²) >= 11 is 0. The zero-order valence-corrected chi connectivity index (χ0v) is 30.2. The number of fused-ring (bicyclic) bond motifs is 7. The van der Waals surface area contributed by atoms with E-state index in [1.807, 2.05) is 31.2 Å². The molecule has 0 bridgehead atoms. The minimum Gasteiger partial charge on any atom is -0.309 e. The normalized spacial score (nSPS) is 13.6. The van der Waals surface area contributed by atoms with Gasteiger partial charge in [0.05, 0.1) is 16.7 Å². The van der Waals surface area contributed by atoms with Gasteiger partial charge in [0, 0.05) is 44.3 Å². The fraction of sp³-hybridized carbons (Fsp3) is 0.0800. The number of amidine groups is 1. The second-order valence-electron chi connectivity index (χ2n) is 14.3. The van der Waals surface area contributed by atoms with E-state index in [1.165, 1.54) is 49.6 Å². The van der Waals surface area contributed by atoms with Crippen molar-refractivity contribution in [2.24, 2.45) is 9.98 Å². The zero-order chi connectivity index (χ0) is 36.1. The van der Waals surface area contributed by atoms with Crippen LogP contribution in [0.1, 0.15) is 48.6 Å². The number of benzene rings is 7. The van der Waals surface area contributed by atoms with Crippen LogP contribution in [0.3, 0.4) is 0 Å². The Morgan fingerprint density at radius 3 is 2.00 bits per heavy atom. The van der Waals surface area contributed by atoms with Crippen molar-refractivity contribution in [2.75, 3.05) is 0 Å². The van der Waals surface area contributed by atoms with Crippen molar-refractivity contribution in [2.45, 2.75) is 26.2 Å². The van der Waals surface area contributed by atoms with Gasteiger partial charge < -0.3 is 4.57 Å². The molecule has 0 atom stereocenters. The largest absolute Gasteiger partial charge is 0.309 e. The molecule has 0 saturated carbocycles. The van der Waals surface area contributed by atoms with Crippen LogP contribution in [0.25, 0.3) is 55.4 Å². The summed E-state index contributed by atoms with van der Waals surface area (Å²) in [5.41, 5.74) is 15.5. The summed E-state index contributed by atoms with van der Waals surface area (Å²) in [6.45, 7) is 11.2. The van der Waals surface area contributed by atoms with E-state index in [0.29, 0.717) is 11.5 Å². The van der Waals surface area contributed by atoms with Gasteiger partial charge in [0.2, 0.25) is 0 Å². The number of hydrogen-bond acceptors (Lipinski definition) is 1. The monoisotopic (exact) mass is 681 g/mol. The summed E-state index contributed by atoms with van der Waals surface area (Å²) in [6.07, 6.45) is 0. The molecule has 254 valence electrons. The van der Waals surface area contributed by atoms with E-state index in [4.69, 9.17) is 9.98 Å². The van der Waals surface area contributed by atoms with Crippen LogP contribution in [-0.4, -0.2) is 16.1 Å². The van der Waals surface area contributed by atoms with Crippen LogP contribution in [-0.2, 0) is 5.41 Å². The number of hydrogen-bond donors (Lipinski definition) is 0. The third-order valence-electron chi connectivity index (χ3n) is 10.8. The van der Waals surface area contributed by atoms with Gasteiger partial charge in [-0.3, -0.25) is 0 Å². The summed E-state index contributed by atoms with van der Waals surface area (Å²) in [7, 11) is 0. The molecule has 0 spiro atoms. The molecule has 7 aromatic carbocycles. The lowest BCUT2D eigenvalue weighted by Gasteiger charge is -2.21. The Labute approximate surface area is 311 Å². The Hall–Kier alpha value is -6.58. The molecule has 0 aliphatic heterocycles. The Bertz CT molecular complexity index is 2750. The number of aromatic nitrogens is 1. The van der Waals surface area contributed by atoms with Crippen LogP contribution in [0.15, 0.2) is 186 Å². The van der Waals surface area contributed by atoms with Crippen LogP contribution in [0.4, 0.5) is 0 Å². The molecule has 8 aromatic rings. The number of aliphatic imine (C=N–C) groups is 2. The highest BCUT2D eigenvalue weighted by Gasteiger charge is 2.37. The van der Waals surface area contributed by atoms with Crippen molar-refractivity contribution in [3.8, 4) is 27.9 Å². The fourth-order valence-corrected chi connectivity index (χ4v) is 8.03. The molecule has 0 saturated heterocycles. The van der Waals surface area contributed by atoms with Crippen molar-refractivity contribution in [3.05, 3.63) is 204 Å². The quantitative estimate of drug-likeness (QED) is 0.124. The molecule has 0 fully saturated rings. The van der Waals surface area contributed by atoms with Crippen LogP contribution in [0.2, 0.25) is 0 Å². The molecule has 53 heavy (non-hydrogen) atoms. The fourth-order valence-electron chi connectivity index (χ4n) is 8.03. The number of para-hydroxylation sites is 1. The first kappa shape index (κ1) is 32.3. The van der Waals surface area contributed by atoms with E-state index >= 15 is 0 Å². The molecule has 1 aliphatic carbocycles. The van der Waals surface area contributed by atoms with Gasteiger partial charge in [-0.2, -0.15) is 0 Å². The van der Waals surface area contributed by atoms with Crippen molar-refractivity contribution in [3.63, 3.8) is 0 Å². The predicted octanol–water partition coefficient (Wildman–Crippen LogP) is 12.7. The van der Waals surface area contributed by atoms with Gasteiger partial charge in [0.25, 0.3) is 0 Å². The molecule has 0 N–H and O–H groups in total. The van der Waals surface area contributed by atoms with Crippen LogP contribution >= 0.6 is 0 Å². The Kier molecular flexibility index (Phi) is 7.86. The summed E-state index contributed by atoms with van der Waals surface area (Å²) < 4.78 is 2.43.